The highest BCUT2D eigenvalue weighted by Gasteiger charge is 2.17. The number of hydrogen-bond donors (Lipinski definition) is 2. The first kappa shape index (κ1) is 22.8. The number of rotatable bonds is 5. The van der Waals surface area contributed by atoms with E-state index in [1.54, 1.807) is 6.20 Å². The normalized spacial score (nSPS) is 14.6. The monoisotopic (exact) mass is 470 g/mol. The second kappa shape index (κ2) is 9.34. The Hall–Kier alpha value is -3.98. The fraction of sp³-hybridized carbons (Fsp3) is 0.308. The summed E-state index contributed by atoms with van der Waals surface area (Å²) in [4.78, 5) is 26.9. The van der Waals surface area contributed by atoms with Gasteiger partial charge in [-0.15, -0.1) is 0 Å². The molecule has 0 amide bonds. The minimum atomic E-state index is -0.217. The maximum Gasteiger partial charge on any atom is 0.278 e. The van der Waals surface area contributed by atoms with E-state index >= 15 is 0 Å². The number of likely N-dealkylation sites (N-methyl/N-ethyl adjacent to an activating group) is 1. The van der Waals surface area contributed by atoms with Crippen LogP contribution in [0.3, 0.4) is 0 Å². The Kier molecular flexibility index (Phi) is 6.08. The van der Waals surface area contributed by atoms with Gasteiger partial charge in [-0.25, -0.2) is 14.6 Å². The molecular weight excluding hydrogens is 440 g/mol. The Morgan fingerprint density at radius 3 is 2.46 bits per heavy atom. The number of nitrogens with zero attached hydrogens (tertiary/aromatic N) is 6. The van der Waals surface area contributed by atoms with Crippen molar-refractivity contribution >= 4 is 33.9 Å². The van der Waals surface area contributed by atoms with Gasteiger partial charge in [-0.2, -0.15) is 5.10 Å². The van der Waals surface area contributed by atoms with Crippen molar-refractivity contribution in [2.24, 2.45) is 0 Å². The molecule has 1 saturated heterocycles. The van der Waals surface area contributed by atoms with Crippen LogP contribution in [-0.2, 0) is 0 Å². The third-order valence-corrected chi connectivity index (χ3v) is 6.30. The molecular formula is C26H30N8O. The summed E-state index contributed by atoms with van der Waals surface area (Å²) < 4.78 is 1.47. The lowest BCUT2D eigenvalue weighted by Gasteiger charge is -2.34. The maximum absolute atomic E-state index is 13.1. The van der Waals surface area contributed by atoms with E-state index in [-0.39, 0.29) is 11.6 Å². The minimum Gasteiger partial charge on any atom is -0.399 e. The molecule has 0 unspecified atom stereocenters. The van der Waals surface area contributed by atoms with E-state index < -0.39 is 0 Å². The van der Waals surface area contributed by atoms with Crippen molar-refractivity contribution in [3.63, 3.8) is 0 Å². The van der Waals surface area contributed by atoms with Gasteiger partial charge in [0, 0.05) is 55.0 Å². The third-order valence-electron chi connectivity index (χ3n) is 6.30. The Balaban J connectivity index is 1.49. The first-order chi connectivity index (χ1) is 16.9. The molecule has 0 aliphatic carbocycles. The van der Waals surface area contributed by atoms with E-state index in [1.165, 1.54) is 10.4 Å². The molecule has 0 saturated carbocycles. The molecule has 3 heterocycles. The van der Waals surface area contributed by atoms with Crippen LogP contribution in [0.5, 0.6) is 0 Å². The smallest absolute Gasteiger partial charge is 0.278 e. The summed E-state index contributed by atoms with van der Waals surface area (Å²) in [6.45, 7) is 8.01. The van der Waals surface area contributed by atoms with Gasteiger partial charge in [-0.1, -0.05) is 12.1 Å². The molecule has 2 aromatic heterocycles. The van der Waals surface area contributed by atoms with Crippen LogP contribution in [-0.4, -0.2) is 57.9 Å². The molecule has 9 nitrogen and oxygen atoms in total. The van der Waals surface area contributed by atoms with E-state index in [9.17, 15) is 4.79 Å². The zero-order valence-corrected chi connectivity index (χ0v) is 20.3. The number of anilines is 4. The number of nitrogens with one attached hydrogen (secondary N) is 1. The summed E-state index contributed by atoms with van der Waals surface area (Å²) in [6, 6.07) is 15.6. The molecule has 1 aliphatic rings. The highest BCUT2D eigenvalue weighted by Crippen LogP contribution is 2.27. The van der Waals surface area contributed by atoms with Crippen LogP contribution in [0.25, 0.3) is 22.2 Å². The zero-order chi connectivity index (χ0) is 24.5. The fourth-order valence-corrected chi connectivity index (χ4v) is 4.28. The van der Waals surface area contributed by atoms with Crippen molar-refractivity contribution in [2.45, 2.75) is 19.9 Å². The summed E-state index contributed by atoms with van der Waals surface area (Å²) in [5, 5.41) is 8.34. The Labute approximate surface area is 204 Å². The fourth-order valence-electron chi connectivity index (χ4n) is 4.28. The van der Waals surface area contributed by atoms with Crippen LogP contribution in [0.2, 0.25) is 0 Å². The molecule has 1 fully saturated rings. The van der Waals surface area contributed by atoms with Gasteiger partial charge in [0.25, 0.3) is 5.56 Å². The molecule has 0 spiro atoms. The second-order valence-corrected chi connectivity index (χ2v) is 9.24. The highest BCUT2D eigenvalue weighted by molar-refractivity contribution is 5.91. The van der Waals surface area contributed by atoms with Crippen molar-refractivity contribution in [3.8, 4) is 11.3 Å². The lowest BCUT2D eigenvalue weighted by Crippen LogP contribution is -2.44. The summed E-state index contributed by atoms with van der Waals surface area (Å²) >= 11 is 0. The number of fused-ring (bicyclic) bond motifs is 1. The van der Waals surface area contributed by atoms with E-state index in [1.807, 2.05) is 50.2 Å². The van der Waals surface area contributed by atoms with Crippen LogP contribution < -0.4 is 21.5 Å². The van der Waals surface area contributed by atoms with Crippen LogP contribution in [0.4, 0.5) is 23.0 Å². The van der Waals surface area contributed by atoms with Gasteiger partial charge in [-0.3, -0.25) is 4.79 Å². The average Bonchev–Trinajstić information content (AvgIpc) is 2.85. The molecule has 0 radical (unpaired) electrons. The van der Waals surface area contributed by atoms with Gasteiger partial charge >= 0.3 is 0 Å². The van der Waals surface area contributed by atoms with E-state index in [0.29, 0.717) is 28.2 Å². The van der Waals surface area contributed by atoms with E-state index in [4.69, 9.17) is 10.7 Å². The third kappa shape index (κ3) is 4.67. The number of aromatic nitrogens is 4. The second-order valence-electron chi connectivity index (χ2n) is 9.24. The largest absolute Gasteiger partial charge is 0.399 e. The highest BCUT2D eigenvalue weighted by atomic mass is 16.1. The maximum atomic E-state index is 13.1. The van der Waals surface area contributed by atoms with Crippen LogP contribution >= 0.6 is 0 Å². The number of hydrogen-bond acceptors (Lipinski definition) is 8. The van der Waals surface area contributed by atoms with E-state index in [2.05, 4.69) is 44.4 Å². The van der Waals surface area contributed by atoms with E-state index in [0.717, 1.165) is 37.4 Å². The van der Waals surface area contributed by atoms with Crippen molar-refractivity contribution < 1.29 is 0 Å². The predicted octanol–water partition coefficient (Wildman–Crippen LogP) is 3.51. The van der Waals surface area contributed by atoms with Crippen molar-refractivity contribution in [3.05, 3.63) is 65.1 Å². The van der Waals surface area contributed by atoms with Gasteiger partial charge in [0.05, 0.1) is 11.4 Å². The Morgan fingerprint density at radius 2 is 1.77 bits per heavy atom. The molecule has 3 N–H and O–H groups in total. The Bertz CT molecular complexity index is 1410. The first-order valence-corrected chi connectivity index (χ1v) is 11.8. The molecule has 2 aromatic carbocycles. The molecule has 0 bridgehead atoms. The zero-order valence-electron chi connectivity index (χ0n) is 20.3. The molecule has 35 heavy (non-hydrogen) atoms. The standard InChI is InChI=1S/C26H30N8O/c1-17(2)34-25(35)22-16-28-26(30-24(22)23(31-34)18-5-4-6-19(27)15-18)29-20-7-9-21(10-8-20)33-13-11-32(3)12-14-33/h4-10,15-17H,11-14,27H2,1-3H3,(H,28,29,30). The lowest BCUT2D eigenvalue weighted by molar-refractivity contribution is 0.313. The molecule has 5 rings (SSSR count). The van der Waals surface area contributed by atoms with Crippen molar-refractivity contribution in [1.29, 1.82) is 0 Å². The van der Waals surface area contributed by atoms with Gasteiger partial charge in [0.1, 0.15) is 11.2 Å². The van der Waals surface area contributed by atoms with Gasteiger partial charge in [0.2, 0.25) is 5.95 Å². The van der Waals surface area contributed by atoms with Gasteiger partial charge in [0.15, 0.2) is 0 Å². The van der Waals surface area contributed by atoms with Gasteiger partial charge in [-0.05, 0) is 57.3 Å². The number of piperazine rings is 1. The molecule has 4 aromatic rings. The molecule has 0 atom stereocenters. The lowest BCUT2D eigenvalue weighted by atomic mass is 10.1. The minimum absolute atomic E-state index is 0.108. The van der Waals surface area contributed by atoms with Crippen LogP contribution in [0.15, 0.2) is 59.5 Å². The number of nitrogens with two attached hydrogens (primary N) is 1. The average molecular weight is 471 g/mol. The summed E-state index contributed by atoms with van der Waals surface area (Å²) in [5.74, 6) is 0.401. The summed E-state index contributed by atoms with van der Waals surface area (Å²) in [5.41, 5.74) is 10.4. The van der Waals surface area contributed by atoms with Crippen LogP contribution in [0.1, 0.15) is 19.9 Å². The predicted molar refractivity (Wildman–Crippen MR) is 141 cm³/mol. The summed E-state index contributed by atoms with van der Waals surface area (Å²) in [7, 11) is 2.15. The molecule has 1 aliphatic heterocycles. The topological polar surface area (TPSA) is 105 Å². The number of benzene rings is 2. The van der Waals surface area contributed by atoms with Crippen LogP contribution in [0, 0.1) is 0 Å². The molecule has 9 heteroatoms. The van der Waals surface area contributed by atoms with Crippen molar-refractivity contribution in [1.82, 2.24) is 24.6 Å². The quantitative estimate of drug-likeness (QED) is 0.427. The first-order valence-electron chi connectivity index (χ1n) is 11.8. The van der Waals surface area contributed by atoms with Crippen molar-refractivity contribution in [2.75, 3.05) is 49.2 Å². The van der Waals surface area contributed by atoms with Gasteiger partial charge < -0.3 is 20.9 Å². The Morgan fingerprint density at radius 1 is 1.03 bits per heavy atom. The number of nitrogen functional groups attached to an aromatic ring is 1. The SMILES string of the molecule is CC(C)n1nc(-c2cccc(N)c2)c2nc(Nc3ccc(N4CCN(C)CC4)cc3)ncc2c1=O. The molecule has 180 valence electrons. The summed E-state index contributed by atoms with van der Waals surface area (Å²) in [6.07, 6.45) is 1.57.